The van der Waals surface area contributed by atoms with Crippen molar-refractivity contribution >= 4 is 29.2 Å². The average Bonchev–Trinajstić information content (AvgIpc) is 3.46. The van der Waals surface area contributed by atoms with E-state index in [0.717, 1.165) is 49.7 Å². The van der Waals surface area contributed by atoms with Crippen molar-refractivity contribution < 1.29 is 9.50 Å². The molecule has 2 heterocycles. The van der Waals surface area contributed by atoms with Gasteiger partial charge in [0.05, 0.1) is 6.54 Å². The van der Waals surface area contributed by atoms with Gasteiger partial charge in [-0.15, -0.1) is 0 Å². The van der Waals surface area contributed by atoms with Gasteiger partial charge in [-0.1, -0.05) is 141 Å². The average molecular weight is 663 g/mol. The van der Waals surface area contributed by atoms with E-state index in [2.05, 4.69) is 89.7 Å². The smallest absolute Gasteiger partial charge is 0.141 e. The minimum Gasteiger partial charge on any atom is -0.400 e. The Morgan fingerprint density at radius 3 is 2.36 bits per heavy atom. The van der Waals surface area contributed by atoms with Crippen LogP contribution in [-0.4, -0.2) is 36.0 Å². The summed E-state index contributed by atoms with van der Waals surface area (Å²) in [6.07, 6.45) is 19.0. The Kier molecular flexibility index (Phi) is 29.4. The molecule has 0 aliphatic carbocycles. The van der Waals surface area contributed by atoms with Gasteiger partial charge < -0.3 is 10.0 Å². The van der Waals surface area contributed by atoms with Crippen LogP contribution in [-0.2, 0) is 0 Å². The maximum absolute atomic E-state index is 12.1. The SMILES string of the molecule is C=C(S/C=C\C)C1=NCC(C(/C=C\CC(C)C)=C/CC)=C2CC(CCCCC)CN12.CC.CCC.CO.Fc1cccc(Cl)c1. The van der Waals surface area contributed by atoms with Gasteiger partial charge in [0.1, 0.15) is 11.7 Å². The number of amidine groups is 1. The van der Waals surface area contributed by atoms with Crippen molar-refractivity contribution in [1.82, 2.24) is 4.90 Å². The van der Waals surface area contributed by atoms with Crippen LogP contribution < -0.4 is 0 Å². The first-order valence-corrected chi connectivity index (χ1v) is 18.2. The number of halogens is 2. The Labute approximate surface area is 286 Å². The second kappa shape index (κ2) is 29.3. The number of thioether (sulfide) groups is 1. The molecule has 2 aliphatic rings. The summed E-state index contributed by atoms with van der Waals surface area (Å²) in [5.41, 5.74) is 4.31. The van der Waals surface area contributed by atoms with Gasteiger partial charge in [-0.05, 0) is 79.2 Å². The van der Waals surface area contributed by atoms with E-state index in [0.29, 0.717) is 10.9 Å². The number of hydrogen-bond acceptors (Lipinski definition) is 4. The molecule has 1 atom stereocenters. The van der Waals surface area contributed by atoms with E-state index in [1.165, 1.54) is 67.5 Å². The lowest BCUT2D eigenvalue weighted by Crippen LogP contribution is -2.32. The standard InChI is InChI=1S/C27H42N2S.C6H4ClF.C3H8.C2H6.CH4O/c1-7-10-11-15-23-18-26-25(24(13-8-2)16-12-14-21(4)5)19-28-27(29(26)20-23)22(6)30-17-9-3;7-5-2-1-3-6(8)4-5;1-3-2;2*1-2/h9,12-13,16-17,21,23H,6-8,10-11,14-15,18-20H2,1-5H3;1-4H;3H2,1-2H3;1-2H3;2H,1H3/b16-12-,17-9-,24-13+;;;;. The van der Waals surface area contributed by atoms with Crippen LogP contribution in [0.25, 0.3) is 0 Å². The molecule has 0 spiro atoms. The van der Waals surface area contributed by atoms with Crippen LogP contribution in [0.3, 0.4) is 0 Å². The highest BCUT2D eigenvalue weighted by Crippen LogP contribution is 2.39. The van der Waals surface area contributed by atoms with Crippen LogP contribution in [0.15, 0.2) is 87.3 Å². The Morgan fingerprint density at radius 2 is 1.84 bits per heavy atom. The van der Waals surface area contributed by atoms with Gasteiger partial charge in [-0.2, -0.15) is 0 Å². The summed E-state index contributed by atoms with van der Waals surface area (Å²) in [6.45, 7) is 25.6. The maximum atomic E-state index is 12.1. The summed E-state index contributed by atoms with van der Waals surface area (Å²) >= 11 is 7.10. The molecule has 1 unspecified atom stereocenters. The summed E-state index contributed by atoms with van der Waals surface area (Å²) in [6, 6.07) is 5.82. The molecule has 0 amide bonds. The summed E-state index contributed by atoms with van der Waals surface area (Å²) in [5, 5.41) is 9.54. The van der Waals surface area contributed by atoms with Crippen molar-refractivity contribution in [3.05, 3.63) is 93.1 Å². The molecule has 1 aromatic rings. The van der Waals surface area contributed by atoms with Gasteiger partial charge in [0.2, 0.25) is 0 Å². The summed E-state index contributed by atoms with van der Waals surface area (Å²) in [4.78, 5) is 8.60. The number of benzene rings is 1. The van der Waals surface area contributed by atoms with Gasteiger partial charge in [-0.25, -0.2) is 4.39 Å². The van der Waals surface area contributed by atoms with Gasteiger partial charge in [-0.3, -0.25) is 4.99 Å². The third-order valence-electron chi connectivity index (χ3n) is 6.52. The summed E-state index contributed by atoms with van der Waals surface area (Å²) < 4.78 is 12.1. The van der Waals surface area contributed by atoms with Crippen molar-refractivity contribution in [3.63, 3.8) is 0 Å². The molecule has 0 saturated carbocycles. The number of allylic oxidation sites excluding steroid dienone is 5. The van der Waals surface area contributed by atoms with Crippen LogP contribution in [0.5, 0.6) is 0 Å². The van der Waals surface area contributed by atoms with Crippen LogP contribution in [0.4, 0.5) is 4.39 Å². The molecule has 256 valence electrons. The van der Waals surface area contributed by atoms with Gasteiger partial charge in [0, 0.05) is 29.3 Å². The van der Waals surface area contributed by atoms with Gasteiger partial charge in [0.15, 0.2) is 0 Å². The highest BCUT2D eigenvalue weighted by atomic mass is 35.5. The number of aliphatic hydroxyl groups is 1. The predicted octanol–water partition coefficient (Wildman–Crippen LogP) is 12.8. The number of rotatable bonds is 12. The molecule has 1 fully saturated rings. The van der Waals surface area contributed by atoms with E-state index in [1.807, 2.05) is 13.8 Å². The zero-order chi connectivity index (χ0) is 34.6. The summed E-state index contributed by atoms with van der Waals surface area (Å²) in [7, 11) is 1.00. The lowest BCUT2D eigenvalue weighted by molar-refractivity contribution is 0.399. The molecule has 0 aromatic heterocycles. The maximum Gasteiger partial charge on any atom is 0.141 e. The highest BCUT2D eigenvalue weighted by Gasteiger charge is 2.35. The van der Waals surface area contributed by atoms with E-state index >= 15 is 0 Å². The van der Waals surface area contributed by atoms with Crippen molar-refractivity contribution in [2.75, 3.05) is 20.2 Å². The quantitative estimate of drug-likeness (QED) is 0.179. The van der Waals surface area contributed by atoms with Crippen molar-refractivity contribution in [3.8, 4) is 0 Å². The molecule has 1 N–H and O–H groups in total. The topological polar surface area (TPSA) is 35.8 Å². The number of unbranched alkanes of at least 4 members (excludes halogenated alkanes) is 2. The molecular weight excluding hydrogens is 599 g/mol. The third-order valence-corrected chi connectivity index (χ3v) is 7.63. The molecule has 1 aromatic carbocycles. The number of nitrogens with zero attached hydrogens (tertiary/aromatic N) is 2. The number of hydrogen-bond donors (Lipinski definition) is 1. The van der Waals surface area contributed by atoms with E-state index < -0.39 is 0 Å². The van der Waals surface area contributed by atoms with Crippen LogP contribution in [0, 0.1) is 17.7 Å². The number of fused-ring (bicyclic) bond motifs is 1. The van der Waals surface area contributed by atoms with Crippen LogP contribution >= 0.6 is 23.4 Å². The van der Waals surface area contributed by atoms with Crippen molar-refractivity contribution in [2.45, 2.75) is 114 Å². The highest BCUT2D eigenvalue weighted by molar-refractivity contribution is 8.06. The predicted molar refractivity (Wildman–Crippen MR) is 204 cm³/mol. The molecule has 3 rings (SSSR count). The van der Waals surface area contributed by atoms with Crippen LogP contribution in [0.2, 0.25) is 5.02 Å². The number of aliphatic hydroxyl groups excluding tert-OH is 1. The first-order valence-electron chi connectivity index (χ1n) is 17.0. The molecule has 45 heavy (non-hydrogen) atoms. The second-order valence-corrected chi connectivity index (χ2v) is 12.4. The Hall–Kier alpha value is -2.08. The molecule has 0 radical (unpaired) electrons. The minimum atomic E-state index is -0.294. The van der Waals surface area contributed by atoms with Crippen molar-refractivity contribution in [1.29, 1.82) is 0 Å². The van der Waals surface area contributed by atoms with Gasteiger partial charge >= 0.3 is 0 Å². The lowest BCUT2D eigenvalue weighted by atomic mass is 9.95. The molecule has 6 heteroatoms. The lowest BCUT2D eigenvalue weighted by Gasteiger charge is -2.30. The fourth-order valence-corrected chi connectivity index (χ4v) is 5.42. The van der Waals surface area contributed by atoms with Gasteiger partial charge in [0.25, 0.3) is 0 Å². The molecule has 3 nitrogen and oxygen atoms in total. The van der Waals surface area contributed by atoms with E-state index in [1.54, 1.807) is 23.9 Å². The normalized spacial score (nSPS) is 15.7. The summed E-state index contributed by atoms with van der Waals surface area (Å²) in [5.74, 6) is 2.22. The Morgan fingerprint density at radius 1 is 1.18 bits per heavy atom. The minimum absolute atomic E-state index is 0.294. The first-order chi connectivity index (χ1) is 21.7. The monoisotopic (exact) mass is 662 g/mol. The number of aliphatic imine (C=N–C) groups is 1. The molecular formula is C39H64ClFN2OS. The van der Waals surface area contributed by atoms with Crippen molar-refractivity contribution in [2.24, 2.45) is 16.8 Å². The fourth-order valence-electron chi connectivity index (χ4n) is 4.66. The first kappa shape index (κ1) is 45.0. The van der Waals surface area contributed by atoms with E-state index in [-0.39, 0.29) is 5.82 Å². The van der Waals surface area contributed by atoms with E-state index in [9.17, 15) is 4.39 Å². The van der Waals surface area contributed by atoms with E-state index in [4.69, 9.17) is 21.7 Å². The Balaban J connectivity index is 0. The molecule has 2 aliphatic heterocycles. The third kappa shape index (κ3) is 19.2. The Bertz CT molecular complexity index is 1060. The second-order valence-electron chi connectivity index (χ2n) is 11.0. The largest absolute Gasteiger partial charge is 0.400 e. The van der Waals surface area contributed by atoms with Crippen LogP contribution in [0.1, 0.15) is 114 Å². The zero-order valence-electron chi connectivity index (χ0n) is 30.1. The molecule has 0 bridgehead atoms. The fraction of sp³-hybridized carbons (Fsp3) is 0.564. The molecule has 1 saturated heterocycles. The zero-order valence-corrected chi connectivity index (χ0v) is 31.7.